The minimum atomic E-state index is 0.0828. The summed E-state index contributed by atoms with van der Waals surface area (Å²) in [5.74, 6) is 0.563. The maximum absolute atomic E-state index is 12.1. The van der Waals surface area contributed by atoms with E-state index in [2.05, 4.69) is 16.3 Å². The summed E-state index contributed by atoms with van der Waals surface area (Å²) in [5.41, 5.74) is 2.88. The highest BCUT2D eigenvalue weighted by Crippen LogP contribution is 2.19. The fourth-order valence-corrected chi connectivity index (χ4v) is 3.33. The molecule has 1 saturated heterocycles. The topological polar surface area (TPSA) is 56.1 Å². The normalized spacial score (nSPS) is 17.2. The van der Waals surface area contributed by atoms with Gasteiger partial charge in [-0.25, -0.2) is 0 Å². The van der Waals surface area contributed by atoms with Gasteiger partial charge >= 0.3 is 0 Å². The number of nitrogens with one attached hydrogen (secondary N) is 1. The van der Waals surface area contributed by atoms with E-state index in [1.807, 2.05) is 54.6 Å². The van der Waals surface area contributed by atoms with Crippen molar-refractivity contribution in [3.63, 3.8) is 0 Å². The molecule has 1 fully saturated rings. The van der Waals surface area contributed by atoms with Crippen molar-refractivity contribution in [3.8, 4) is 6.07 Å². The van der Waals surface area contributed by atoms with Crippen LogP contribution in [0.2, 0.25) is 0 Å². The van der Waals surface area contributed by atoms with E-state index in [0.29, 0.717) is 12.3 Å². The Hall–Kier alpha value is -2.64. The Labute approximate surface area is 149 Å². The molecular formula is C21H23N3O. The number of benzene rings is 2. The minimum Gasteiger partial charge on any atom is -0.355 e. The lowest BCUT2D eigenvalue weighted by Crippen LogP contribution is -2.32. The summed E-state index contributed by atoms with van der Waals surface area (Å²) >= 11 is 0. The second kappa shape index (κ2) is 8.46. The predicted molar refractivity (Wildman–Crippen MR) is 97.7 cm³/mol. The van der Waals surface area contributed by atoms with Crippen molar-refractivity contribution in [2.75, 3.05) is 19.6 Å². The molecule has 0 aromatic heterocycles. The molecule has 128 valence electrons. The zero-order valence-electron chi connectivity index (χ0n) is 14.3. The van der Waals surface area contributed by atoms with Gasteiger partial charge in [0.15, 0.2) is 0 Å². The number of nitriles is 1. The number of likely N-dealkylation sites (tertiary alicyclic amines) is 1. The van der Waals surface area contributed by atoms with Crippen LogP contribution in [0, 0.1) is 17.2 Å². The van der Waals surface area contributed by atoms with Gasteiger partial charge in [-0.15, -0.1) is 0 Å². The van der Waals surface area contributed by atoms with E-state index in [1.165, 1.54) is 0 Å². The van der Waals surface area contributed by atoms with Crippen molar-refractivity contribution in [2.24, 2.45) is 5.92 Å². The Bertz CT molecular complexity index is 751. The van der Waals surface area contributed by atoms with Crippen LogP contribution in [0.3, 0.4) is 0 Å². The van der Waals surface area contributed by atoms with Gasteiger partial charge < -0.3 is 5.32 Å². The Morgan fingerprint density at radius 2 is 1.92 bits per heavy atom. The highest BCUT2D eigenvalue weighted by molar-refractivity contribution is 5.78. The number of carbonyl (C=O) groups excluding carboxylic acids is 1. The molecule has 1 N–H and O–H groups in total. The number of nitrogens with zero attached hydrogens (tertiary/aromatic N) is 2. The first-order valence-electron chi connectivity index (χ1n) is 8.75. The van der Waals surface area contributed by atoms with E-state index in [-0.39, 0.29) is 5.91 Å². The molecule has 2 aromatic carbocycles. The summed E-state index contributed by atoms with van der Waals surface area (Å²) < 4.78 is 0. The van der Waals surface area contributed by atoms with Crippen molar-refractivity contribution >= 4 is 5.91 Å². The van der Waals surface area contributed by atoms with E-state index in [0.717, 1.165) is 49.3 Å². The van der Waals surface area contributed by atoms with Crippen LogP contribution >= 0.6 is 0 Å². The van der Waals surface area contributed by atoms with Gasteiger partial charge in [-0.2, -0.15) is 5.26 Å². The SMILES string of the molecule is N#Cc1ccccc1CN1CC[C@@H](CNC(=O)Cc2ccccc2)C1. The molecule has 1 heterocycles. The van der Waals surface area contributed by atoms with Crippen molar-refractivity contribution in [1.29, 1.82) is 5.26 Å². The van der Waals surface area contributed by atoms with Gasteiger partial charge in [-0.1, -0.05) is 48.5 Å². The van der Waals surface area contributed by atoms with Gasteiger partial charge in [0.25, 0.3) is 0 Å². The third kappa shape index (κ3) is 4.91. The Morgan fingerprint density at radius 1 is 1.16 bits per heavy atom. The van der Waals surface area contributed by atoms with Crippen molar-refractivity contribution in [3.05, 3.63) is 71.3 Å². The van der Waals surface area contributed by atoms with Crippen LogP contribution in [0.25, 0.3) is 0 Å². The molecule has 4 nitrogen and oxygen atoms in total. The fraction of sp³-hybridized carbons (Fsp3) is 0.333. The largest absolute Gasteiger partial charge is 0.355 e. The number of hydrogen-bond donors (Lipinski definition) is 1. The van der Waals surface area contributed by atoms with Gasteiger partial charge in [0.2, 0.25) is 5.91 Å². The zero-order chi connectivity index (χ0) is 17.5. The van der Waals surface area contributed by atoms with Crippen molar-refractivity contribution in [1.82, 2.24) is 10.2 Å². The summed E-state index contributed by atoms with van der Waals surface area (Å²) in [6, 6.07) is 19.8. The lowest BCUT2D eigenvalue weighted by atomic mass is 10.1. The van der Waals surface area contributed by atoms with Gasteiger partial charge in [0.05, 0.1) is 18.1 Å². The first kappa shape index (κ1) is 17.2. The molecule has 1 atom stereocenters. The van der Waals surface area contributed by atoms with Gasteiger partial charge in [0, 0.05) is 19.6 Å². The van der Waals surface area contributed by atoms with Crippen LogP contribution in [0.4, 0.5) is 0 Å². The molecule has 1 aliphatic rings. The summed E-state index contributed by atoms with van der Waals surface area (Å²) in [6.45, 7) is 3.50. The fourth-order valence-electron chi connectivity index (χ4n) is 3.33. The average Bonchev–Trinajstić information content (AvgIpc) is 3.09. The molecular weight excluding hydrogens is 310 g/mol. The molecule has 0 bridgehead atoms. The van der Waals surface area contributed by atoms with Crippen molar-refractivity contribution < 1.29 is 4.79 Å². The van der Waals surface area contributed by atoms with E-state index < -0.39 is 0 Å². The molecule has 1 aliphatic heterocycles. The molecule has 0 saturated carbocycles. The van der Waals surface area contributed by atoms with Gasteiger partial charge in [-0.3, -0.25) is 9.69 Å². The quantitative estimate of drug-likeness (QED) is 0.884. The molecule has 0 unspecified atom stereocenters. The molecule has 1 amide bonds. The summed E-state index contributed by atoms with van der Waals surface area (Å²) in [4.78, 5) is 14.4. The maximum atomic E-state index is 12.1. The number of carbonyl (C=O) groups is 1. The lowest BCUT2D eigenvalue weighted by molar-refractivity contribution is -0.120. The average molecular weight is 333 g/mol. The van der Waals surface area contributed by atoms with Crippen LogP contribution in [-0.2, 0) is 17.8 Å². The van der Waals surface area contributed by atoms with E-state index in [9.17, 15) is 10.1 Å². The number of rotatable bonds is 6. The highest BCUT2D eigenvalue weighted by atomic mass is 16.1. The van der Waals surface area contributed by atoms with Crippen LogP contribution in [0.1, 0.15) is 23.1 Å². The number of hydrogen-bond acceptors (Lipinski definition) is 3. The smallest absolute Gasteiger partial charge is 0.224 e. The summed E-state index contributed by atoms with van der Waals surface area (Å²) in [7, 11) is 0. The molecule has 2 aromatic rings. The first-order valence-corrected chi connectivity index (χ1v) is 8.75. The summed E-state index contributed by atoms with van der Waals surface area (Å²) in [5, 5.41) is 12.3. The van der Waals surface area contributed by atoms with Gasteiger partial charge in [-0.05, 0) is 36.1 Å². The highest BCUT2D eigenvalue weighted by Gasteiger charge is 2.23. The second-order valence-corrected chi connectivity index (χ2v) is 6.63. The number of amides is 1. The molecule has 4 heteroatoms. The van der Waals surface area contributed by atoms with Crippen LogP contribution in [0.15, 0.2) is 54.6 Å². The molecule has 0 spiro atoms. The standard InChI is InChI=1S/C21H23N3O/c22-13-19-8-4-5-9-20(19)16-24-11-10-18(15-24)14-23-21(25)12-17-6-2-1-3-7-17/h1-9,18H,10-12,14-16H2,(H,23,25)/t18-/m0/s1. The van der Waals surface area contributed by atoms with E-state index >= 15 is 0 Å². The maximum Gasteiger partial charge on any atom is 0.224 e. The van der Waals surface area contributed by atoms with Gasteiger partial charge in [0.1, 0.15) is 0 Å². The van der Waals surface area contributed by atoms with E-state index in [4.69, 9.17) is 0 Å². The van der Waals surface area contributed by atoms with E-state index in [1.54, 1.807) is 0 Å². The Balaban J connectivity index is 1.44. The predicted octanol–water partition coefficient (Wildman–Crippen LogP) is 2.74. The minimum absolute atomic E-state index is 0.0828. The first-order chi connectivity index (χ1) is 12.2. The Morgan fingerprint density at radius 3 is 2.72 bits per heavy atom. The van der Waals surface area contributed by atoms with Crippen LogP contribution in [0.5, 0.6) is 0 Å². The third-order valence-electron chi connectivity index (χ3n) is 4.70. The molecule has 3 rings (SSSR count). The second-order valence-electron chi connectivity index (χ2n) is 6.63. The van der Waals surface area contributed by atoms with Crippen LogP contribution < -0.4 is 5.32 Å². The lowest BCUT2D eigenvalue weighted by Gasteiger charge is -2.17. The van der Waals surface area contributed by atoms with Crippen molar-refractivity contribution in [2.45, 2.75) is 19.4 Å². The molecule has 25 heavy (non-hydrogen) atoms. The zero-order valence-corrected chi connectivity index (χ0v) is 14.3. The monoisotopic (exact) mass is 333 g/mol. The molecule has 0 radical (unpaired) electrons. The summed E-state index contributed by atoms with van der Waals surface area (Å²) in [6.07, 6.45) is 1.52. The molecule has 0 aliphatic carbocycles. The Kier molecular flexibility index (Phi) is 5.81. The third-order valence-corrected chi connectivity index (χ3v) is 4.70. The van der Waals surface area contributed by atoms with Crippen LogP contribution in [-0.4, -0.2) is 30.4 Å².